The molecule has 0 aliphatic heterocycles. The van der Waals surface area contributed by atoms with Crippen molar-refractivity contribution in [2.24, 2.45) is 10.2 Å². The Kier molecular flexibility index (Phi) is 6.94. The molecule has 0 atom stereocenters. The molecule has 0 aliphatic rings. The SMILES string of the molecule is CC(=O)Nc1ccc(-c2ccc(N=Nc3ccc(CCOS)cc3)cc2)cc1. The number of carbonyl (C=O) groups is 1. The summed E-state index contributed by atoms with van der Waals surface area (Å²) in [4.78, 5) is 11.1. The van der Waals surface area contributed by atoms with E-state index in [0.717, 1.165) is 34.6 Å². The summed E-state index contributed by atoms with van der Waals surface area (Å²) in [6.07, 6.45) is 0.814. The van der Waals surface area contributed by atoms with Crippen molar-refractivity contribution in [2.45, 2.75) is 13.3 Å². The third-order valence-corrected chi connectivity index (χ3v) is 4.29. The first-order valence-electron chi connectivity index (χ1n) is 8.89. The van der Waals surface area contributed by atoms with Crippen LogP contribution >= 0.6 is 12.9 Å². The van der Waals surface area contributed by atoms with Gasteiger partial charge in [-0.15, -0.1) is 0 Å². The predicted octanol–water partition coefficient (Wildman–Crippen LogP) is 6.13. The molecule has 0 radical (unpaired) electrons. The topological polar surface area (TPSA) is 63.0 Å². The average Bonchev–Trinajstić information content (AvgIpc) is 2.72. The minimum Gasteiger partial charge on any atom is -0.326 e. The van der Waals surface area contributed by atoms with Crippen molar-refractivity contribution in [3.05, 3.63) is 78.4 Å². The molecule has 0 saturated carbocycles. The lowest BCUT2D eigenvalue weighted by molar-refractivity contribution is -0.114. The van der Waals surface area contributed by atoms with E-state index in [0.29, 0.717) is 6.61 Å². The second-order valence-corrected chi connectivity index (χ2v) is 6.51. The van der Waals surface area contributed by atoms with Crippen LogP contribution in [0.3, 0.4) is 0 Å². The van der Waals surface area contributed by atoms with Gasteiger partial charge in [0, 0.05) is 12.6 Å². The molecule has 0 aliphatic carbocycles. The van der Waals surface area contributed by atoms with Gasteiger partial charge < -0.3 is 9.50 Å². The molecule has 3 rings (SSSR count). The zero-order valence-corrected chi connectivity index (χ0v) is 16.4. The number of carbonyl (C=O) groups excluding carboxylic acids is 1. The number of hydrogen-bond donors (Lipinski definition) is 2. The van der Waals surface area contributed by atoms with Crippen LogP contribution in [-0.2, 0) is 15.4 Å². The fraction of sp³-hybridized carbons (Fsp3) is 0.136. The summed E-state index contributed by atoms with van der Waals surface area (Å²) >= 11 is 3.74. The highest BCUT2D eigenvalue weighted by molar-refractivity contribution is 7.75. The molecule has 1 N–H and O–H groups in total. The third kappa shape index (κ3) is 5.77. The summed E-state index contributed by atoms with van der Waals surface area (Å²) < 4.78 is 4.78. The second kappa shape index (κ2) is 9.82. The van der Waals surface area contributed by atoms with Crippen molar-refractivity contribution in [3.8, 4) is 11.1 Å². The number of benzene rings is 3. The highest BCUT2D eigenvalue weighted by Crippen LogP contribution is 2.25. The largest absolute Gasteiger partial charge is 0.326 e. The molecule has 6 heteroatoms. The summed E-state index contributed by atoms with van der Waals surface area (Å²) in [5.74, 6) is -0.0798. The molecule has 0 fully saturated rings. The Morgan fingerprint density at radius 3 is 1.86 bits per heavy atom. The molecule has 3 aromatic carbocycles. The zero-order chi connectivity index (χ0) is 19.8. The van der Waals surface area contributed by atoms with Gasteiger partial charge >= 0.3 is 0 Å². The Morgan fingerprint density at radius 1 is 0.857 bits per heavy atom. The monoisotopic (exact) mass is 391 g/mol. The van der Waals surface area contributed by atoms with Crippen LogP contribution < -0.4 is 5.32 Å². The minimum absolute atomic E-state index is 0.0798. The van der Waals surface area contributed by atoms with E-state index in [4.69, 9.17) is 4.18 Å². The first-order valence-corrected chi connectivity index (χ1v) is 9.26. The van der Waals surface area contributed by atoms with Crippen molar-refractivity contribution in [1.82, 2.24) is 0 Å². The highest BCUT2D eigenvalue weighted by atomic mass is 32.1. The molecule has 0 spiro atoms. The number of thiol groups is 1. The first-order chi connectivity index (χ1) is 13.6. The molecule has 0 heterocycles. The van der Waals surface area contributed by atoms with Gasteiger partial charge in [-0.2, -0.15) is 10.2 Å². The zero-order valence-electron chi connectivity index (χ0n) is 15.5. The van der Waals surface area contributed by atoms with Crippen LogP contribution in [0, 0.1) is 0 Å². The maximum absolute atomic E-state index is 11.1. The standard InChI is InChI=1S/C22H21N3O2S/c1-16(26)23-20-10-4-18(5-11-20)19-6-12-22(13-7-19)25-24-21-8-2-17(3-9-21)14-15-27-28/h2-13,28H,14-15H2,1H3,(H,23,26). The molecule has 0 bridgehead atoms. The molecule has 0 aromatic heterocycles. The molecule has 3 aromatic rings. The summed E-state index contributed by atoms with van der Waals surface area (Å²) in [6, 6.07) is 23.5. The molecule has 0 unspecified atom stereocenters. The van der Waals surface area contributed by atoms with Crippen LogP contribution in [0.1, 0.15) is 12.5 Å². The van der Waals surface area contributed by atoms with Gasteiger partial charge in [0.25, 0.3) is 0 Å². The van der Waals surface area contributed by atoms with E-state index in [9.17, 15) is 4.79 Å². The number of anilines is 1. The van der Waals surface area contributed by atoms with E-state index < -0.39 is 0 Å². The fourth-order valence-electron chi connectivity index (χ4n) is 2.68. The van der Waals surface area contributed by atoms with E-state index in [2.05, 4.69) is 28.5 Å². The van der Waals surface area contributed by atoms with Crippen molar-refractivity contribution in [1.29, 1.82) is 0 Å². The second-order valence-electron chi connectivity index (χ2n) is 6.26. The lowest BCUT2D eigenvalue weighted by Gasteiger charge is -2.05. The van der Waals surface area contributed by atoms with E-state index in [1.165, 1.54) is 12.5 Å². The van der Waals surface area contributed by atoms with E-state index in [1.54, 1.807) is 0 Å². The Hall–Kier alpha value is -2.96. The summed E-state index contributed by atoms with van der Waals surface area (Å²) in [6.45, 7) is 2.07. The fourth-order valence-corrected chi connectivity index (χ4v) is 2.77. The number of amides is 1. The van der Waals surface area contributed by atoms with Crippen LogP contribution in [0.4, 0.5) is 17.1 Å². The molecular weight excluding hydrogens is 370 g/mol. The third-order valence-electron chi connectivity index (χ3n) is 4.11. The Balaban J connectivity index is 1.63. The number of rotatable bonds is 7. The van der Waals surface area contributed by atoms with Crippen molar-refractivity contribution in [3.63, 3.8) is 0 Å². The minimum atomic E-state index is -0.0798. The van der Waals surface area contributed by atoms with Gasteiger partial charge in [0.2, 0.25) is 5.91 Å². The normalized spacial score (nSPS) is 10.9. The maximum atomic E-state index is 11.1. The first kappa shape index (κ1) is 19.8. The van der Waals surface area contributed by atoms with Crippen LogP contribution in [0.15, 0.2) is 83.0 Å². The average molecular weight is 391 g/mol. The van der Waals surface area contributed by atoms with E-state index in [1.807, 2.05) is 72.8 Å². The van der Waals surface area contributed by atoms with Gasteiger partial charge in [-0.05, 0) is 72.4 Å². The smallest absolute Gasteiger partial charge is 0.221 e. The molecular formula is C22H21N3O2S. The van der Waals surface area contributed by atoms with E-state index in [-0.39, 0.29) is 5.91 Å². The van der Waals surface area contributed by atoms with Crippen molar-refractivity contribution in [2.75, 3.05) is 11.9 Å². The van der Waals surface area contributed by atoms with Gasteiger partial charge in [-0.1, -0.05) is 36.4 Å². The molecule has 142 valence electrons. The van der Waals surface area contributed by atoms with Crippen LogP contribution in [0.25, 0.3) is 11.1 Å². The van der Waals surface area contributed by atoms with Gasteiger partial charge in [0.15, 0.2) is 0 Å². The number of nitrogens with one attached hydrogen (secondary N) is 1. The van der Waals surface area contributed by atoms with Gasteiger partial charge in [-0.25, -0.2) is 0 Å². The van der Waals surface area contributed by atoms with Crippen LogP contribution in [0.2, 0.25) is 0 Å². The van der Waals surface area contributed by atoms with Gasteiger partial charge in [-0.3, -0.25) is 4.79 Å². The predicted molar refractivity (Wildman–Crippen MR) is 115 cm³/mol. The van der Waals surface area contributed by atoms with Crippen molar-refractivity contribution >= 4 is 35.9 Å². The quantitative estimate of drug-likeness (QED) is 0.289. The molecule has 5 nitrogen and oxygen atoms in total. The van der Waals surface area contributed by atoms with E-state index >= 15 is 0 Å². The van der Waals surface area contributed by atoms with Crippen molar-refractivity contribution < 1.29 is 8.98 Å². The van der Waals surface area contributed by atoms with Crippen LogP contribution in [0.5, 0.6) is 0 Å². The molecule has 1 amide bonds. The summed E-state index contributed by atoms with van der Waals surface area (Å²) in [5.41, 5.74) is 5.68. The van der Waals surface area contributed by atoms with Gasteiger partial charge in [0.05, 0.1) is 18.0 Å². The maximum Gasteiger partial charge on any atom is 0.221 e. The number of nitrogens with zero attached hydrogens (tertiary/aromatic N) is 2. The summed E-state index contributed by atoms with van der Waals surface area (Å²) in [5, 5.41) is 11.3. The Labute approximate surface area is 170 Å². The lowest BCUT2D eigenvalue weighted by Crippen LogP contribution is -2.05. The molecule has 28 heavy (non-hydrogen) atoms. The highest BCUT2D eigenvalue weighted by Gasteiger charge is 2.00. The summed E-state index contributed by atoms with van der Waals surface area (Å²) in [7, 11) is 0. The Morgan fingerprint density at radius 2 is 1.36 bits per heavy atom. The Bertz CT molecular complexity index is 937. The van der Waals surface area contributed by atoms with Gasteiger partial charge in [0.1, 0.15) is 0 Å². The number of azo groups is 1. The number of hydrogen-bond acceptors (Lipinski definition) is 5. The lowest BCUT2D eigenvalue weighted by atomic mass is 10.1. The van der Waals surface area contributed by atoms with Crippen LogP contribution in [-0.4, -0.2) is 12.5 Å². The molecule has 0 saturated heterocycles.